The van der Waals surface area contributed by atoms with Crippen molar-refractivity contribution in [2.45, 2.75) is 4.90 Å². The smallest absolute Gasteiger partial charge is 0.385 e. The average Bonchev–Trinajstić information content (AvgIpc) is 2.27. The van der Waals surface area contributed by atoms with E-state index >= 15 is 0 Å². The van der Waals surface area contributed by atoms with Gasteiger partial charge in [-0.05, 0) is 29.3 Å². The van der Waals surface area contributed by atoms with Crippen LogP contribution in [-0.2, 0) is 10.1 Å². The van der Waals surface area contributed by atoms with E-state index in [1.165, 1.54) is 18.2 Å². The highest BCUT2D eigenvalue weighted by atomic mass is 32.2. The van der Waals surface area contributed by atoms with Crippen LogP contribution in [0.3, 0.4) is 0 Å². The molecule has 0 fully saturated rings. The SMILES string of the molecule is N#[N+]c1c([O-])ccc2cc(S(=O)(=O)O)ccc12. The van der Waals surface area contributed by atoms with Gasteiger partial charge >= 0.3 is 5.69 Å². The molecule has 0 unspecified atom stereocenters. The summed E-state index contributed by atoms with van der Waals surface area (Å²) in [4.78, 5) is 2.58. The Balaban J connectivity index is 2.84. The van der Waals surface area contributed by atoms with Gasteiger partial charge in [0.15, 0.2) is 4.98 Å². The van der Waals surface area contributed by atoms with Gasteiger partial charge in [-0.2, -0.15) is 8.42 Å². The van der Waals surface area contributed by atoms with Crippen molar-refractivity contribution in [1.29, 1.82) is 5.39 Å². The lowest BCUT2D eigenvalue weighted by Crippen LogP contribution is -1.97. The molecule has 0 aliphatic rings. The monoisotopic (exact) mass is 250 g/mol. The van der Waals surface area contributed by atoms with Gasteiger partial charge in [0.2, 0.25) is 5.39 Å². The van der Waals surface area contributed by atoms with E-state index in [1.54, 1.807) is 0 Å². The minimum atomic E-state index is -4.30. The summed E-state index contributed by atoms with van der Waals surface area (Å²) in [5.41, 5.74) is -0.163. The molecule has 0 radical (unpaired) electrons. The molecule has 0 saturated heterocycles. The van der Waals surface area contributed by atoms with Crippen molar-refractivity contribution >= 4 is 26.6 Å². The summed E-state index contributed by atoms with van der Waals surface area (Å²) in [5, 5.41) is 20.7. The molecule has 0 spiro atoms. The van der Waals surface area contributed by atoms with Crippen molar-refractivity contribution in [3.05, 3.63) is 35.3 Å². The second kappa shape index (κ2) is 3.69. The van der Waals surface area contributed by atoms with Gasteiger partial charge in [-0.25, -0.2) is 0 Å². The van der Waals surface area contributed by atoms with Gasteiger partial charge in [0, 0.05) is 0 Å². The minimum Gasteiger partial charge on any atom is -0.867 e. The maximum atomic E-state index is 11.3. The zero-order valence-electron chi connectivity index (χ0n) is 8.36. The standard InChI is InChI=1S/C10H6N2O4S/c11-12-10-8-3-2-7(17(14,15)16)5-6(8)1-4-9(10)13/h1-5H,(H-,13,14,15,16). The number of fused-ring (bicyclic) bond motifs is 1. The van der Waals surface area contributed by atoms with Crippen molar-refractivity contribution in [2.24, 2.45) is 0 Å². The van der Waals surface area contributed by atoms with Crippen LogP contribution in [0.25, 0.3) is 15.7 Å². The van der Waals surface area contributed by atoms with E-state index < -0.39 is 15.9 Å². The number of rotatable bonds is 1. The van der Waals surface area contributed by atoms with Gasteiger partial charge in [0.25, 0.3) is 10.1 Å². The van der Waals surface area contributed by atoms with E-state index in [0.717, 1.165) is 12.1 Å². The van der Waals surface area contributed by atoms with Gasteiger partial charge in [0.1, 0.15) is 0 Å². The molecule has 0 bridgehead atoms. The Morgan fingerprint density at radius 2 is 1.94 bits per heavy atom. The summed E-state index contributed by atoms with van der Waals surface area (Å²) >= 11 is 0. The largest absolute Gasteiger partial charge is 0.867 e. The summed E-state index contributed by atoms with van der Waals surface area (Å²) in [6, 6.07) is 6.17. The fourth-order valence-corrected chi connectivity index (χ4v) is 2.05. The van der Waals surface area contributed by atoms with Gasteiger partial charge < -0.3 is 5.11 Å². The third-order valence-corrected chi connectivity index (χ3v) is 3.17. The first-order valence-electron chi connectivity index (χ1n) is 4.50. The van der Waals surface area contributed by atoms with E-state index in [9.17, 15) is 13.5 Å². The van der Waals surface area contributed by atoms with E-state index in [0.29, 0.717) is 10.8 Å². The lowest BCUT2D eigenvalue weighted by molar-refractivity contribution is -0.266. The summed E-state index contributed by atoms with van der Waals surface area (Å²) in [5.74, 6) is -0.473. The van der Waals surface area contributed by atoms with Crippen molar-refractivity contribution in [1.82, 2.24) is 0 Å². The molecule has 86 valence electrons. The quantitative estimate of drug-likeness (QED) is 0.611. The second-order valence-corrected chi connectivity index (χ2v) is 4.79. The van der Waals surface area contributed by atoms with Gasteiger partial charge in [-0.3, -0.25) is 4.55 Å². The van der Waals surface area contributed by atoms with Crippen molar-refractivity contribution in [3.8, 4) is 5.75 Å². The van der Waals surface area contributed by atoms with Crippen LogP contribution in [0.1, 0.15) is 0 Å². The molecule has 0 aliphatic heterocycles. The zero-order chi connectivity index (χ0) is 12.6. The lowest BCUT2D eigenvalue weighted by atomic mass is 10.1. The number of diazo groups is 1. The van der Waals surface area contributed by atoms with Crippen molar-refractivity contribution < 1.29 is 18.1 Å². The Hall–Kier alpha value is -2.17. The van der Waals surface area contributed by atoms with Crippen molar-refractivity contribution in [3.63, 3.8) is 0 Å². The molecule has 2 aromatic carbocycles. The Labute approximate surface area is 96.5 Å². The maximum Gasteiger partial charge on any atom is 0.385 e. The molecule has 17 heavy (non-hydrogen) atoms. The maximum absolute atomic E-state index is 11.3. The lowest BCUT2D eigenvalue weighted by Gasteiger charge is -2.04. The highest BCUT2D eigenvalue weighted by Crippen LogP contribution is 2.34. The topological polar surface area (TPSA) is 106 Å². The summed E-state index contributed by atoms with van der Waals surface area (Å²) in [7, 11) is -4.30. The molecule has 2 aromatic rings. The normalized spacial score (nSPS) is 11.3. The molecular weight excluding hydrogens is 244 g/mol. The first-order valence-corrected chi connectivity index (χ1v) is 5.94. The van der Waals surface area contributed by atoms with E-state index in [2.05, 4.69) is 4.98 Å². The van der Waals surface area contributed by atoms with Crippen LogP contribution in [-0.4, -0.2) is 13.0 Å². The molecule has 6 nitrogen and oxygen atoms in total. The highest BCUT2D eigenvalue weighted by Gasteiger charge is 2.16. The van der Waals surface area contributed by atoms with E-state index in [-0.39, 0.29) is 10.6 Å². The summed E-state index contributed by atoms with van der Waals surface area (Å²) < 4.78 is 30.7. The van der Waals surface area contributed by atoms with E-state index in [1.807, 2.05) is 0 Å². The van der Waals surface area contributed by atoms with E-state index in [4.69, 9.17) is 9.95 Å². The minimum absolute atomic E-state index is 0.163. The number of benzene rings is 2. The number of hydrogen-bond donors (Lipinski definition) is 1. The Morgan fingerprint density at radius 3 is 2.53 bits per heavy atom. The Bertz CT molecular complexity index is 747. The van der Waals surface area contributed by atoms with Crippen LogP contribution in [0.5, 0.6) is 5.75 Å². The third-order valence-electron chi connectivity index (χ3n) is 2.32. The van der Waals surface area contributed by atoms with Crippen LogP contribution in [0, 0.1) is 5.39 Å². The zero-order valence-corrected chi connectivity index (χ0v) is 9.18. The fraction of sp³-hybridized carbons (Fsp3) is 0. The molecule has 0 heterocycles. The first-order chi connectivity index (χ1) is 7.93. The number of hydrogen-bond acceptors (Lipinski definition) is 4. The molecule has 0 aromatic heterocycles. The Morgan fingerprint density at radius 1 is 1.24 bits per heavy atom. The second-order valence-electron chi connectivity index (χ2n) is 3.37. The third kappa shape index (κ3) is 1.91. The van der Waals surface area contributed by atoms with Crippen LogP contribution < -0.4 is 5.11 Å². The molecule has 1 N–H and O–H groups in total. The molecule has 0 saturated carbocycles. The summed E-state index contributed by atoms with van der Waals surface area (Å²) in [6.07, 6.45) is 0. The van der Waals surface area contributed by atoms with Gasteiger partial charge in [-0.15, -0.1) is 0 Å². The average molecular weight is 250 g/mol. The van der Waals surface area contributed by atoms with Gasteiger partial charge in [0.05, 0.1) is 10.3 Å². The first kappa shape index (κ1) is 11.3. The molecule has 2 rings (SSSR count). The molecule has 0 aliphatic carbocycles. The molecule has 7 heteroatoms. The van der Waals surface area contributed by atoms with Crippen molar-refractivity contribution in [2.75, 3.05) is 0 Å². The fourth-order valence-electron chi connectivity index (χ4n) is 1.54. The predicted molar refractivity (Wildman–Crippen MR) is 58.0 cm³/mol. The highest BCUT2D eigenvalue weighted by molar-refractivity contribution is 7.85. The van der Waals surface area contributed by atoms with Gasteiger partial charge in [-0.1, -0.05) is 12.1 Å². The Kier molecular flexibility index (Phi) is 2.46. The molecule has 0 amide bonds. The van der Waals surface area contributed by atoms with Crippen LogP contribution >= 0.6 is 0 Å². The predicted octanol–water partition coefficient (Wildman–Crippen LogP) is 1.64. The van der Waals surface area contributed by atoms with Crippen LogP contribution in [0.2, 0.25) is 0 Å². The molecule has 0 atom stereocenters. The van der Waals surface area contributed by atoms with Crippen LogP contribution in [0.4, 0.5) is 5.69 Å². The number of nitrogens with zero attached hydrogens (tertiary/aromatic N) is 2. The molecular formula is C10H6N2O4S. The van der Waals surface area contributed by atoms with Crippen LogP contribution in [0.15, 0.2) is 35.2 Å². The summed E-state index contributed by atoms with van der Waals surface area (Å²) in [6.45, 7) is 0.